The van der Waals surface area contributed by atoms with Gasteiger partial charge in [-0.1, -0.05) is 23.3 Å². The van der Waals surface area contributed by atoms with Crippen LogP contribution in [0.15, 0.2) is 46.9 Å². The topological polar surface area (TPSA) is 121 Å². The molecule has 0 aliphatic carbocycles. The Morgan fingerprint density at radius 2 is 1.76 bits per heavy atom. The Kier molecular flexibility index (Phi) is 6.40. The minimum atomic E-state index is -0.862. The molecule has 0 fully saturated rings. The highest BCUT2D eigenvalue weighted by Gasteiger charge is 2.12. The zero-order chi connectivity index (χ0) is 18.1. The van der Waals surface area contributed by atoms with Gasteiger partial charge in [-0.2, -0.15) is 0 Å². The Labute approximate surface area is 142 Å². The number of amides is 1. The van der Waals surface area contributed by atoms with Crippen molar-refractivity contribution >= 4 is 23.9 Å². The van der Waals surface area contributed by atoms with Gasteiger partial charge in [-0.25, -0.2) is 9.59 Å². The maximum absolute atomic E-state index is 11.7. The number of nitrogens with one attached hydrogen (secondary N) is 1. The molecule has 1 N–H and O–H groups in total. The summed E-state index contributed by atoms with van der Waals surface area (Å²) in [5, 5.41) is 9.78. The second kappa shape index (κ2) is 8.96. The SMILES string of the molecule is CCOC(=O)/C=C/C(=O)OCC(=O)Nc1nnc(-c2ccccc2)o1. The Bertz CT molecular complexity index is 769. The van der Waals surface area contributed by atoms with Crippen LogP contribution in [0.3, 0.4) is 0 Å². The summed E-state index contributed by atoms with van der Waals surface area (Å²) in [5.74, 6) is -1.96. The summed E-state index contributed by atoms with van der Waals surface area (Å²) >= 11 is 0. The van der Waals surface area contributed by atoms with Crippen LogP contribution in [0, 0.1) is 0 Å². The van der Waals surface area contributed by atoms with E-state index in [4.69, 9.17) is 4.42 Å². The average molecular weight is 345 g/mol. The molecule has 1 aromatic carbocycles. The van der Waals surface area contributed by atoms with E-state index in [0.29, 0.717) is 5.56 Å². The third-order valence-corrected chi connectivity index (χ3v) is 2.68. The maximum atomic E-state index is 11.7. The molecule has 0 unspecified atom stereocenters. The van der Waals surface area contributed by atoms with Crippen molar-refractivity contribution in [2.24, 2.45) is 0 Å². The van der Waals surface area contributed by atoms with Crippen molar-refractivity contribution in [2.75, 3.05) is 18.5 Å². The van der Waals surface area contributed by atoms with Gasteiger partial charge < -0.3 is 13.9 Å². The predicted molar refractivity (Wildman–Crippen MR) is 85.1 cm³/mol. The lowest BCUT2D eigenvalue weighted by atomic mass is 10.2. The van der Waals surface area contributed by atoms with Gasteiger partial charge in [0.05, 0.1) is 6.61 Å². The van der Waals surface area contributed by atoms with Crippen molar-refractivity contribution in [2.45, 2.75) is 6.92 Å². The molecule has 0 bridgehead atoms. The van der Waals surface area contributed by atoms with Crippen molar-refractivity contribution in [3.05, 3.63) is 42.5 Å². The van der Waals surface area contributed by atoms with Gasteiger partial charge in [0.1, 0.15) is 0 Å². The van der Waals surface area contributed by atoms with Crippen LogP contribution in [0.4, 0.5) is 6.01 Å². The summed E-state index contributed by atoms with van der Waals surface area (Å²) < 4.78 is 14.5. The van der Waals surface area contributed by atoms with Crippen LogP contribution < -0.4 is 5.32 Å². The van der Waals surface area contributed by atoms with E-state index in [1.807, 2.05) is 6.07 Å². The molecule has 0 aliphatic heterocycles. The predicted octanol–water partition coefficient (Wildman–Crippen LogP) is 1.34. The first-order valence-corrected chi connectivity index (χ1v) is 7.29. The lowest BCUT2D eigenvalue weighted by Crippen LogP contribution is -2.20. The van der Waals surface area contributed by atoms with Crippen LogP contribution in [-0.4, -0.2) is 41.3 Å². The Morgan fingerprint density at radius 1 is 1.08 bits per heavy atom. The molecule has 9 heteroatoms. The average Bonchev–Trinajstić information content (AvgIpc) is 3.07. The highest BCUT2D eigenvalue weighted by molar-refractivity contribution is 5.94. The van der Waals surface area contributed by atoms with E-state index in [9.17, 15) is 14.4 Å². The first kappa shape index (κ1) is 17.9. The summed E-state index contributed by atoms with van der Waals surface area (Å²) in [6, 6.07) is 8.88. The van der Waals surface area contributed by atoms with E-state index >= 15 is 0 Å². The lowest BCUT2D eigenvalue weighted by molar-refractivity contribution is -0.143. The van der Waals surface area contributed by atoms with E-state index in [2.05, 4.69) is 25.0 Å². The molecule has 0 spiro atoms. The molecule has 2 aromatic rings. The van der Waals surface area contributed by atoms with Crippen LogP contribution in [0.25, 0.3) is 11.5 Å². The first-order valence-electron chi connectivity index (χ1n) is 7.29. The van der Waals surface area contributed by atoms with E-state index in [1.165, 1.54) is 0 Å². The Balaban J connectivity index is 1.80. The van der Waals surface area contributed by atoms with Crippen LogP contribution in [-0.2, 0) is 23.9 Å². The van der Waals surface area contributed by atoms with Crippen molar-refractivity contribution in [1.82, 2.24) is 10.2 Å². The van der Waals surface area contributed by atoms with Crippen molar-refractivity contribution in [3.63, 3.8) is 0 Å². The molecular formula is C16H15N3O6. The molecule has 0 aliphatic rings. The van der Waals surface area contributed by atoms with Crippen LogP contribution in [0.5, 0.6) is 0 Å². The van der Waals surface area contributed by atoms with E-state index < -0.39 is 24.5 Å². The lowest BCUT2D eigenvalue weighted by Gasteiger charge is -2.01. The normalized spacial score (nSPS) is 10.4. The van der Waals surface area contributed by atoms with Crippen molar-refractivity contribution in [1.29, 1.82) is 0 Å². The number of carbonyl (C=O) groups excluding carboxylic acids is 3. The van der Waals surface area contributed by atoms with Crippen molar-refractivity contribution in [3.8, 4) is 11.5 Å². The van der Waals surface area contributed by atoms with Gasteiger partial charge in [0, 0.05) is 17.7 Å². The van der Waals surface area contributed by atoms with Gasteiger partial charge in [-0.3, -0.25) is 10.1 Å². The van der Waals surface area contributed by atoms with E-state index in [0.717, 1.165) is 12.2 Å². The molecule has 1 heterocycles. The van der Waals surface area contributed by atoms with E-state index in [-0.39, 0.29) is 18.5 Å². The van der Waals surface area contributed by atoms with Crippen LogP contribution >= 0.6 is 0 Å². The molecule has 1 amide bonds. The smallest absolute Gasteiger partial charge is 0.331 e. The molecule has 1 aromatic heterocycles. The number of anilines is 1. The van der Waals surface area contributed by atoms with Gasteiger partial charge in [0.2, 0.25) is 5.89 Å². The number of hydrogen-bond acceptors (Lipinski definition) is 8. The van der Waals surface area contributed by atoms with Gasteiger partial charge in [0.25, 0.3) is 5.91 Å². The minimum absolute atomic E-state index is 0.123. The van der Waals surface area contributed by atoms with E-state index in [1.54, 1.807) is 31.2 Å². The second-order valence-electron chi connectivity index (χ2n) is 4.52. The molecule has 0 radical (unpaired) electrons. The number of esters is 2. The van der Waals surface area contributed by atoms with Crippen LogP contribution in [0.2, 0.25) is 0 Å². The number of nitrogens with zero attached hydrogens (tertiary/aromatic N) is 2. The zero-order valence-electron chi connectivity index (χ0n) is 13.3. The Hall–Kier alpha value is -3.49. The third kappa shape index (κ3) is 5.90. The standard InChI is InChI=1S/C16H15N3O6/c1-2-23-13(21)8-9-14(22)24-10-12(20)17-16-19-18-15(25-16)11-6-4-3-5-7-11/h3-9H,2,10H2,1H3,(H,17,19,20)/b9-8+. The molecular weight excluding hydrogens is 330 g/mol. The number of benzene rings is 1. The number of hydrogen-bond donors (Lipinski definition) is 1. The molecule has 130 valence electrons. The summed E-state index contributed by atoms with van der Waals surface area (Å²) in [5.41, 5.74) is 0.700. The molecule has 9 nitrogen and oxygen atoms in total. The summed E-state index contributed by atoms with van der Waals surface area (Å²) in [6.45, 7) is 1.25. The summed E-state index contributed by atoms with van der Waals surface area (Å²) in [4.78, 5) is 34.0. The summed E-state index contributed by atoms with van der Waals surface area (Å²) in [6.07, 6.45) is 1.78. The van der Waals surface area contributed by atoms with Crippen molar-refractivity contribution < 1.29 is 28.3 Å². The largest absolute Gasteiger partial charge is 0.463 e. The fourth-order valence-electron chi connectivity index (χ4n) is 1.64. The van der Waals surface area contributed by atoms with Crippen LogP contribution in [0.1, 0.15) is 6.92 Å². The van der Waals surface area contributed by atoms with Gasteiger partial charge in [-0.05, 0) is 19.1 Å². The fourth-order valence-corrected chi connectivity index (χ4v) is 1.64. The van der Waals surface area contributed by atoms with Gasteiger partial charge >= 0.3 is 18.0 Å². The Morgan fingerprint density at radius 3 is 2.44 bits per heavy atom. The highest BCUT2D eigenvalue weighted by Crippen LogP contribution is 2.18. The number of ether oxygens (including phenoxy) is 2. The first-order chi connectivity index (χ1) is 12.1. The number of aromatic nitrogens is 2. The van der Waals surface area contributed by atoms with Gasteiger partial charge in [0.15, 0.2) is 6.61 Å². The number of rotatable bonds is 7. The quantitative estimate of drug-likeness (QED) is 0.589. The second-order valence-corrected chi connectivity index (χ2v) is 4.52. The number of carbonyl (C=O) groups is 3. The maximum Gasteiger partial charge on any atom is 0.331 e. The third-order valence-electron chi connectivity index (χ3n) is 2.68. The monoisotopic (exact) mass is 345 g/mol. The van der Waals surface area contributed by atoms with Gasteiger partial charge in [-0.15, -0.1) is 5.10 Å². The highest BCUT2D eigenvalue weighted by atomic mass is 16.5. The zero-order valence-corrected chi connectivity index (χ0v) is 13.3. The molecule has 0 saturated heterocycles. The molecule has 0 atom stereocenters. The molecule has 0 saturated carbocycles. The summed E-state index contributed by atoms with van der Waals surface area (Å²) in [7, 11) is 0. The molecule has 2 rings (SSSR count). The molecule has 25 heavy (non-hydrogen) atoms. The fraction of sp³-hybridized carbons (Fsp3) is 0.188. The minimum Gasteiger partial charge on any atom is -0.463 e.